The van der Waals surface area contributed by atoms with Crippen LogP contribution in [0.4, 0.5) is 0 Å². The first-order valence-corrected chi connectivity index (χ1v) is 10.9. The lowest BCUT2D eigenvalue weighted by molar-refractivity contribution is -0.134. The van der Waals surface area contributed by atoms with Gasteiger partial charge in [0.15, 0.2) is 5.60 Å². The van der Waals surface area contributed by atoms with Crippen LogP contribution in [0.1, 0.15) is 34.8 Å². The molecule has 2 aromatic carbocycles. The monoisotopic (exact) mass is 445 g/mol. The number of ether oxygens (including phenoxy) is 2. The Morgan fingerprint density at radius 2 is 1.85 bits per heavy atom. The third kappa shape index (κ3) is 4.82. The van der Waals surface area contributed by atoms with Gasteiger partial charge in [-0.1, -0.05) is 24.3 Å². The Hall–Kier alpha value is -3.87. The summed E-state index contributed by atoms with van der Waals surface area (Å²) in [7, 11) is 1.65. The van der Waals surface area contributed by atoms with Gasteiger partial charge in [-0.3, -0.25) is 9.59 Å². The molecule has 7 heteroatoms. The maximum atomic E-state index is 13.0. The normalized spacial score (nSPS) is 16.5. The van der Waals surface area contributed by atoms with Crippen LogP contribution in [0.25, 0.3) is 11.1 Å². The van der Waals surface area contributed by atoms with Crippen molar-refractivity contribution in [3.8, 4) is 22.8 Å². The number of benzene rings is 2. The van der Waals surface area contributed by atoms with E-state index in [0.717, 1.165) is 35.3 Å². The summed E-state index contributed by atoms with van der Waals surface area (Å²) < 4.78 is 11.2. The summed E-state index contributed by atoms with van der Waals surface area (Å²) in [4.78, 5) is 28.7. The number of nitrogens with one attached hydrogen (secondary N) is 1. The zero-order valence-corrected chi connectivity index (χ0v) is 18.8. The number of methoxy groups -OCH3 is 1. The standard InChI is InChI=1S/C26H27N3O4/c1-26(25(31)29-14-3-4-17-5-11-20(32-2)12-6-17)16-22-21(13-15-28-24(22)33-26)18-7-9-19(10-8-18)23(27)30/h5-13,15H,3-4,14,16H2,1-2H3,(H2,27,30)(H,29,31). The van der Waals surface area contributed by atoms with Gasteiger partial charge in [0.25, 0.3) is 5.91 Å². The maximum Gasteiger partial charge on any atom is 0.264 e. The van der Waals surface area contributed by atoms with E-state index in [1.54, 1.807) is 32.4 Å². The number of nitrogens with two attached hydrogens (primary N) is 1. The number of pyridine rings is 1. The van der Waals surface area contributed by atoms with Crippen molar-refractivity contribution in [1.82, 2.24) is 10.3 Å². The number of aryl methyl sites for hydroxylation is 1. The SMILES string of the molecule is COc1ccc(CCCNC(=O)C2(C)Cc3c(-c4ccc(C(N)=O)cc4)ccnc3O2)cc1. The molecule has 0 radical (unpaired) electrons. The van der Waals surface area contributed by atoms with Gasteiger partial charge in [-0.15, -0.1) is 0 Å². The van der Waals surface area contributed by atoms with Crippen LogP contribution in [0.5, 0.6) is 11.6 Å². The highest BCUT2D eigenvalue weighted by atomic mass is 16.5. The highest BCUT2D eigenvalue weighted by Crippen LogP contribution is 2.39. The zero-order chi connectivity index (χ0) is 23.4. The fourth-order valence-corrected chi connectivity index (χ4v) is 4.00. The number of rotatable bonds is 8. The number of hydrogen-bond acceptors (Lipinski definition) is 5. The minimum absolute atomic E-state index is 0.162. The first kappa shape index (κ1) is 22.3. The van der Waals surface area contributed by atoms with Crippen LogP contribution < -0.4 is 20.5 Å². The van der Waals surface area contributed by atoms with Crippen molar-refractivity contribution in [3.63, 3.8) is 0 Å². The van der Waals surface area contributed by atoms with Crippen LogP contribution in [0.15, 0.2) is 60.8 Å². The lowest BCUT2D eigenvalue weighted by Gasteiger charge is -2.22. The topological polar surface area (TPSA) is 104 Å². The fraction of sp³-hybridized carbons (Fsp3) is 0.269. The van der Waals surface area contributed by atoms with Crippen LogP contribution >= 0.6 is 0 Å². The summed E-state index contributed by atoms with van der Waals surface area (Å²) >= 11 is 0. The number of nitrogens with zero attached hydrogens (tertiary/aromatic N) is 1. The van der Waals surface area contributed by atoms with Crippen molar-refractivity contribution in [2.24, 2.45) is 5.73 Å². The first-order valence-electron chi connectivity index (χ1n) is 10.9. The maximum absolute atomic E-state index is 13.0. The molecular formula is C26H27N3O4. The van der Waals surface area contributed by atoms with E-state index in [1.807, 2.05) is 42.5 Å². The second kappa shape index (κ2) is 9.32. The van der Waals surface area contributed by atoms with Gasteiger partial charge in [0.1, 0.15) is 5.75 Å². The summed E-state index contributed by atoms with van der Waals surface area (Å²) in [6, 6.07) is 16.9. The summed E-state index contributed by atoms with van der Waals surface area (Å²) in [6.07, 6.45) is 3.74. The zero-order valence-electron chi connectivity index (χ0n) is 18.8. The Bertz CT molecular complexity index is 1160. The predicted octanol–water partition coefficient (Wildman–Crippen LogP) is 3.30. The molecule has 4 rings (SSSR count). The molecule has 1 aliphatic heterocycles. The van der Waals surface area contributed by atoms with Gasteiger partial charge in [0.2, 0.25) is 11.8 Å². The minimum Gasteiger partial charge on any atom is -0.497 e. The highest BCUT2D eigenvalue weighted by Gasteiger charge is 2.43. The number of fused-ring (bicyclic) bond motifs is 1. The molecule has 0 saturated carbocycles. The van der Waals surface area contributed by atoms with E-state index >= 15 is 0 Å². The van der Waals surface area contributed by atoms with Gasteiger partial charge < -0.3 is 20.5 Å². The largest absolute Gasteiger partial charge is 0.497 e. The second-order valence-electron chi connectivity index (χ2n) is 8.30. The van der Waals surface area contributed by atoms with E-state index in [9.17, 15) is 9.59 Å². The van der Waals surface area contributed by atoms with Crippen molar-refractivity contribution in [2.45, 2.75) is 31.8 Å². The van der Waals surface area contributed by atoms with Crippen LogP contribution in [0, 0.1) is 0 Å². The van der Waals surface area contributed by atoms with Crippen molar-refractivity contribution >= 4 is 11.8 Å². The summed E-state index contributed by atoms with van der Waals surface area (Å²) in [5.74, 6) is 0.656. The molecule has 1 aliphatic rings. The molecule has 7 nitrogen and oxygen atoms in total. The van der Waals surface area contributed by atoms with Gasteiger partial charge in [-0.2, -0.15) is 0 Å². The fourth-order valence-electron chi connectivity index (χ4n) is 4.00. The third-order valence-electron chi connectivity index (χ3n) is 5.90. The molecule has 0 bridgehead atoms. The van der Waals surface area contributed by atoms with Crippen LogP contribution in [0.2, 0.25) is 0 Å². The third-order valence-corrected chi connectivity index (χ3v) is 5.90. The molecule has 0 saturated heterocycles. The van der Waals surface area contributed by atoms with Gasteiger partial charge in [-0.25, -0.2) is 4.98 Å². The Morgan fingerprint density at radius 3 is 2.52 bits per heavy atom. The Balaban J connectivity index is 1.38. The Kier molecular flexibility index (Phi) is 6.31. The molecule has 1 unspecified atom stereocenters. The van der Waals surface area contributed by atoms with E-state index in [1.165, 1.54) is 5.56 Å². The van der Waals surface area contributed by atoms with Crippen LogP contribution in [0.3, 0.4) is 0 Å². The molecule has 170 valence electrons. The van der Waals surface area contributed by atoms with Crippen molar-refractivity contribution in [3.05, 3.63) is 77.5 Å². The van der Waals surface area contributed by atoms with Crippen LogP contribution in [-0.4, -0.2) is 36.1 Å². The van der Waals surface area contributed by atoms with E-state index in [-0.39, 0.29) is 5.91 Å². The molecule has 0 fully saturated rings. The number of amides is 2. The molecule has 0 aliphatic carbocycles. The van der Waals surface area contributed by atoms with Crippen molar-refractivity contribution < 1.29 is 19.1 Å². The van der Waals surface area contributed by atoms with Gasteiger partial charge in [-0.05, 0) is 66.8 Å². The molecule has 2 amide bonds. The summed E-state index contributed by atoms with van der Waals surface area (Å²) in [5.41, 5.74) is 8.65. The van der Waals surface area contributed by atoms with E-state index < -0.39 is 11.5 Å². The second-order valence-corrected chi connectivity index (χ2v) is 8.30. The molecule has 2 heterocycles. The molecule has 0 spiro atoms. The number of carbonyl (C=O) groups is 2. The molecule has 3 aromatic rings. The molecular weight excluding hydrogens is 418 g/mol. The summed E-state index contributed by atoms with van der Waals surface area (Å²) in [5, 5.41) is 3.00. The quantitative estimate of drug-likeness (QED) is 0.518. The molecule has 33 heavy (non-hydrogen) atoms. The highest BCUT2D eigenvalue weighted by molar-refractivity contribution is 5.93. The number of aromatic nitrogens is 1. The van der Waals surface area contributed by atoms with Gasteiger partial charge in [0.05, 0.1) is 7.11 Å². The smallest absolute Gasteiger partial charge is 0.264 e. The summed E-state index contributed by atoms with van der Waals surface area (Å²) in [6.45, 7) is 2.34. The molecule has 1 aromatic heterocycles. The Morgan fingerprint density at radius 1 is 1.12 bits per heavy atom. The van der Waals surface area contributed by atoms with E-state index in [2.05, 4.69) is 10.3 Å². The van der Waals surface area contributed by atoms with Gasteiger partial charge >= 0.3 is 0 Å². The number of carbonyl (C=O) groups excluding carboxylic acids is 2. The molecule has 1 atom stereocenters. The average Bonchev–Trinajstić information content (AvgIpc) is 3.19. The first-order chi connectivity index (χ1) is 15.9. The Labute approximate surface area is 192 Å². The van der Waals surface area contributed by atoms with E-state index in [0.29, 0.717) is 24.4 Å². The van der Waals surface area contributed by atoms with E-state index in [4.69, 9.17) is 15.2 Å². The number of hydrogen-bond donors (Lipinski definition) is 2. The van der Waals surface area contributed by atoms with Crippen LogP contribution in [-0.2, 0) is 17.6 Å². The van der Waals surface area contributed by atoms with Crippen molar-refractivity contribution in [2.75, 3.05) is 13.7 Å². The predicted molar refractivity (Wildman–Crippen MR) is 125 cm³/mol. The number of primary amides is 1. The molecule has 3 N–H and O–H groups in total. The van der Waals surface area contributed by atoms with Crippen molar-refractivity contribution in [1.29, 1.82) is 0 Å². The average molecular weight is 446 g/mol. The lowest BCUT2D eigenvalue weighted by Crippen LogP contribution is -2.48. The minimum atomic E-state index is -1.03. The lowest BCUT2D eigenvalue weighted by atomic mass is 9.93. The van der Waals surface area contributed by atoms with Gasteiger partial charge in [0, 0.05) is 30.3 Å².